The fourth-order valence-electron chi connectivity index (χ4n) is 8.27. The number of aliphatic hydroxyl groups excluding tert-OH is 3. The molecule has 2 aromatic rings. The second kappa shape index (κ2) is 30.7. The van der Waals surface area contributed by atoms with Gasteiger partial charge in [0, 0.05) is 38.2 Å². The molecular formula is C51H79N7O12. The lowest BCUT2D eigenvalue weighted by Gasteiger charge is -2.30. The molecule has 0 aromatic heterocycles. The number of phenolic OH excluding ortho intramolecular Hbond substituents is 2. The van der Waals surface area contributed by atoms with Gasteiger partial charge in [-0.25, -0.2) is 0 Å². The lowest BCUT2D eigenvalue weighted by Crippen LogP contribution is -2.56. The summed E-state index contributed by atoms with van der Waals surface area (Å²) < 4.78 is 0. The molecule has 19 nitrogen and oxygen atoms in total. The summed E-state index contributed by atoms with van der Waals surface area (Å²) in [7, 11) is 2.71. The van der Waals surface area contributed by atoms with Gasteiger partial charge in [-0.1, -0.05) is 96.1 Å². The van der Waals surface area contributed by atoms with E-state index in [1.54, 1.807) is 12.1 Å². The number of benzene rings is 2. The van der Waals surface area contributed by atoms with Crippen LogP contribution in [0.3, 0.4) is 0 Å². The van der Waals surface area contributed by atoms with Crippen molar-refractivity contribution in [2.24, 2.45) is 0 Å². The number of phenols is 2. The summed E-state index contributed by atoms with van der Waals surface area (Å²) in [5.41, 5.74) is 1.19. The van der Waals surface area contributed by atoms with E-state index in [0.717, 1.165) is 24.2 Å². The molecule has 1 aliphatic heterocycles. The van der Waals surface area contributed by atoms with Gasteiger partial charge in [0.2, 0.25) is 41.4 Å². The maximum absolute atomic E-state index is 14.2. The van der Waals surface area contributed by atoms with Gasteiger partial charge in [0.25, 0.3) is 0 Å². The maximum atomic E-state index is 14.2. The van der Waals surface area contributed by atoms with Gasteiger partial charge in [0.05, 0.1) is 25.9 Å². The Kier molecular flexibility index (Phi) is 25.7. The number of rotatable bonds is 26. The zero-order valence-corrected chi connectivity index (χ0v) is 41.8. The number of nitrogens with one attached hydrogen (secondary N) is 5. The molecule has 0 aliphatic carbocycles. The van der Waals surface area contributed by atoms with E-state index >= 15 is 0 Å². The predicted octanol–water partition coefficient (Wildman–Crippen LogP) is 2.98. The van der Waals surface area contributed by atoms with Crippen LogP contribution in [0.15, 0.2) is 36.4 Å². The predicted molar refractivity (Wildman–Crippen MR) is 264 cm³/mol. The molecule has 10 N–H and O–H groups in total. The molecule has 0 saturated heterocycles. The standard InChI is InChI=1S/C51H79N7O12/c1-6-7-8-9-10-11-12-13-14-15-16-17-18-22-44(64)57(4)41(32-60)50(69)54-33(2)47(66)53-30-45(65)58(5)46-36-24-26-43(63)39(28-36)38-27-35(23-25-42(38)62)20-19-21-40(49(68)52-29-37(61)31-59)56-48(67)34(3)55-51(46)70/h23-28,33-34,37,40-41,46,59-63H,6-22,29-32H2,1-5H3,(H,52,68)(H,53,66)(H,54,69)(H,55,70)(H,56,67)/t33-,34+,37?,40+,41-,46+/m1/s1. The van der Waals surface area contributed by atoms with Gasteiger partial charge in [-0.15, -0.1) is 0 Å². The van der Waals surface area contributed by atoms with Crippen LogP contribution >= 0.6 is 0 Å². The lowest BCUT2D eigenvalue weighted by molar-refractivity contribution is -0.142. The molecule has 0 fully saturated rings. The molecule has 19 heteroatoms. The van der Waals surface area contributed by atoms with Gasteiger partial charge in [0.1, 0.15) is 41.7 Å². The van der Waals surface area contributed by atoms with E-state index in [4.69, 9.17) is 0 Å². The van der Waals surface area contributed by atoms with Crippen molar-refractivity contribution in [2.75, 3.05) is 40.4 Å². The molecule has 2 aromatic carbocycles. The van der Waals surface area contributed by atoms with Crippen molar-refractivity contribution in [2.45, 2.75) is 166 Å². The Morgan fingerprint density at radius 1 is 0.743 bits per heavy atom. The minimum absolute atomic E-state index is 0.122. The van der Waals surface area contributed by atoms with E-state index in [2.05, 4.69) is 33.5 Å². The Morgan fingerprint density at radius 2 is 1.33 bits per heavy atom. The zero-order valence-electron chi connectivity index (χ0n) is 41.8. The Morgan fingerprint density at radius 3 is 1.93 bits per heavy atom. The fourth-order valence-corrected chi connectivity index (χ4v) is 8.27. The summed E-state index contributed by atoms with van der Waals surface area (Å²) in [6.07, 6.45) is 14.9. The highest BCUT2D eigenvalue weighted by molar-refractivity contribution is 5.96. The van der Waals surface area contributed by atoms with Gasteiger partial charge in [-0.2, -0.15) is 0 Å². The highest BCUT2D eigenvalue weighted by Gasteiger charge is 2.34. The smallest absolute Gasteiger partial charge is 0.248 e. The first-order valence-electron chi connectivity index (χ1n) is 25.0. The summed E-state index contributed by atoms with van der Waals surface area (Å²) >= 11 is 0. The van der Waals surface area contributed by atoms with Crippen molar-refractivity contribution in [1.82, 2.24) is 36.4 Å². The normalized spacial score (nSPS) is 17.5. The van der Waals surface area contributed by atoms with Crippen LogP contribution in [0.1, 0.15) is 141 Å². The summed E-state index contributed by atoms with van der Waals surface area (Å²) in [6.45, 7) is 2.72. The molecular weight excluding hydrogens is 903 g/mol. The quantitative estimate of drug-likeness (QED) is 0.0610. The van der Waals surface area contributed by atoms with Crippen molar-refractivity contribution in [3.05, 3.63) is 47.5 Å². The minimum Gasteiger partial charge on any atom is -0.507 e. The number of aliphatic hydroxyl groups is 3. The van der Waals surface area contributed by atoms with Crippen LogP contribution in [-0.4, -0.2) is 147 Å². The largest absolute Gasteiger partial charge is 0.507 e. The average Bonchev–Trinajstić information content (AvgIpc) is 3.33. The molecule has 70 heavy (non-hydrogen) atoms. The van der Waals surface area contributed by atoms with Crippen LogP contribution in [0.5, 0.6) is 11.5 Å². The van der Waals surface area contributed by atoms with E-state index in [9.17, 15) is 59.1 Å². The number of carbonyl (C=O) groups excluding carboxylic acids is 7. The van der Waals surface area contributed by atoms with Crippen LogP contribution in [0.25, 0.3) is 11.1 Å². The molecule has 0 spiro atoms. The Bertz CT molecular complexity index is 2040. The number of hydrogen-bond donors (Lipinski definition) is 10. The van der Waals surface area contributed by atoms with Crippen LogP contribution in [0.2, 0.25) is 0 Å². The molecule has 0 radical (unpaired) electrons. The molecule has 3 rings (SSSR count). The first-order valence-corrected chi connectivity index (χ1v) is 25.0. The van der Waals surface area contributed by atoms with Crippen molar-refractivity contribution in [1.29, 1.82) is 0 Å². The molecule has 7 amide bonds. The molecule has 6 atom stereocenters. The average molecular weight is 982 g/mol. The maximum Gasteiger partial charge on any atom is 0.248 e. The van der Waals surface area contributed by atoms with Crippen LogP contribution < -0.4 is 26.6 Å². The van der Waals surface area contributed by atoms with E-state index in [-0.39, 0.29) is 53.5 Å². The van der Waals surface area contributed by atoms with E-state index in [1.165, 1.54) is 115 Å². The number of nitrogens with zero attached hydrogens (tertiary/aromatic N) is 2. The first kappa shape index (κ1) is 58.5. The number of aryl methyl sites for hydroxylation is 1. The number of amides is 7. The number of fused-ring (bicyclic) bond motifs is 5. The Labute approximate surface area is 412 Å². The summed E-state index contributed by atoms with van der Waals surface area (Å²) in [4.78, 5) is 96.3. The highest BCUT2D eigenvalue weighted by atomic mass is 16.3. The second-order valence-electron chi connectivity index (χ2n) is 18.4. The fraction of sp³-hybridized carbons (Fsp3) is 0.627. The number of aromatic hydroxyl groups is 2. The summed E-state index contributed by atoms with van der Waals surface area (Å²) in [5.74, 6) is -5.36. The van der Waals surface area contributed by atoms with E-state index in [0.29, 0.717) is 24.8 Å². The van der Waals surface area contributed by atoms with Crippen molar-refractivity contribution >= 4 is 41.4 Å². The van der Waals surface area contributed by atoms with Gasteiger partial charge in [-0.3, -0.25) is 33.6 Å². The lowest BCUT2D eigenvalue weighted by atomic mass is 9.94. The van der Waals surface area contributed by atoms with Gasteiger partial charge in [0.15, 0.2) is 0 Å². The summed E-state index contributed by atoms with van der Waals surface area (Å²) in [6, 6.07) is 2.46. The minimum atomic E-state index is -1.49. The zero-order chi connectivity index (χ0) is 51.8. The molecule has 1 heterocycles. The van der Waals surface area contributed by atoms with Gasteiger partial charge >= 0.3 is 0 Å². The second-order valence-corrected chi connectivity index (χ2v) is 18.4. The summed E-state index contributed by atoms with van der Waals surface area (Å²) in [5, 5.41) is 63.7. The molecule has 4 bridgehead atoms. The molecule has 390 valence electrons. The van der Waals surface area contributed by atoms with E-state index in [1.807, 2.05) is 0 Å². The Hall–Kier alpha value is -5.79. The van der Waals surface area contributed by atoms with Gasteiger partial charge in [-0.05, 0) is 74.9 Å². The third-order valence-electron chi connectivity index (χ3n) is 12.8. The van der Waals surface area contributed by atoms with Crippen molar-refractivity contribution in [3.63, 3.8) is 0 Å². The number of carbonyl (C=O) groups is 7. The van der Waals surface area contributed by atoms with Gasteiger partial charge < -0.3 is 61.9 Å². The molecule has 1 unspecified atom stereocenters. The third kappa shape index (κ3) is 18.8. The van der Waals surface area contributed by atoms with Crippen LogP contribution in [0.4, 0.5) is 0 Å². The highest BCUT2D eigenvalue weighted by Crippen LogP contribution is 2.38. The molecule has 0 saturated carbocycles. The number of likely N-dealkylation sites (N-methyl/N-ethyl adjacent to an activating group) is 2. The monoisotopic (exact) mass is 982 g/mol. The Balaban J connectivity index is 1.67. The molecule has 1 aliphatic rings. The number of hydrogen-bond acceptors (Lipinski definition) is 12. The van der Waals surface area contributed by atoms with Crippen molar-refractivity contribution < 1.29 is 59.1 Å². The number of unbranched alkanes of at least 4 members (excludes halogenated alkanes) is 12. The van der Waals surface area contributed by atoms with Crippen LogP contribution in [0, 0.1) is 0 Å². The SMILES string of the molecule is CCCCCCCCCCCCCCCC(=O)N(C)[C@H](CO)C(=O)N[C@H](C)C(=O)NCC(=O)N(C)[C@@H]1C(=O)N[C@@H](C)C(=O)N[C@H](C(=O)NCC(O)CO)CCCc2ccc(O)c(c2)-c2cc1ccc2O. The first-order chi connectivity index (χ1) is 33.4. The van der Waals surface area contributed by atoms with E-state index < -0.39 is 91.5 Å². The van der Waals surface area contributed by atoms with Crippen LogP contribution in [-0.2, 0) is 40.0 Å². The topological polar surface area (TPSA) is 287 Å². The third-order valence-corrected chi connectivity index (χ3v) is 12.8. The van der Waals surface area contributed by atoms with Crippen molar-refractivity contribution in [3.8, 4) is 22.6 Å².